The first-order chi connectivity index (χ1) is 12.3. The monoisotopic (exact) mass is 390 g/mol. The van der Waals surface area contributed by atoms with Gasteiger partial charge < -0.3 is 4.42 Å². The molecule has 0 aliphatic carbocycles. The fourth-order valence-corrected chi connectivity index (χ4v) is 3.32. The fraction of sp³-hybridized carbons (Fsp3) is 0.0476. The van der Waals surface area contributed by atoms with Gasteiger partial charge in [0.05, 0.1) is 11.5 Å². The van der Waals surface area contributed by atoms with E-state index in [1.807, 2.05) is 60.7 Å². The third-order valence-corrected chi connectivity index (χ3v) is 4.75. The molecule has 3 aromatic carbocycles. The van der Waals surface area contributed by atoms with E-state index < -0.39 is 0 Å². The molecule has 0 amide bonds. The van der Waals surface area contributed by atoms with Gasteiger partial charge in [-0.25, -0.2) is 0 Å². The number of rotatable bonds is 4. The molecule has 4 aromatic rings. The minimum absolute atomic E-state index is 0.0915. The Morgan fingerprint density at radius 2 is 1.24 bits per heavy atom. The molecule has 1 heterocycles. The number of halogens is 1. The molecule has 0 spiro atoms. The van der Waals surface area contributed by atoms with Crippen LogP contribution >= 0.6 is 15.9 Å². The quantitative estimate of drug-likeness (QED) is 0.449. The van der Waals surface area contributed by atoms with Crippen molar-refractivity contribution < 1.29 is 4.42 Å². The molecule has 4 rings (SSSR count). The maximum absolute atomic E-state index is 6.07. The van der Waals surface area contributed by atoms with E-state index in [-0.39, 0.29) is 5.92 Å². The minimum Gasteiger partial charge on any atom is -0.420 e. The molecule has 0 atom stereocenters. The molecule has 0 unspecified atom stereocenters. The molecule has 0 saturated carbocycles. The SMILES string of the molecule is Brc1ccccc1-c1nnc(C(c2ccccc2)c2ccccc2)o1. The van der Waals surface area contributed by atoms with Gasteiger partial charge in [-0.2, -0.15) is 0 Å². The van der Waals surface area contributed by atoms with Crippen LogP contribution in [-0.2, 0) is 0 Å². The highest BCUT2D eigenvalue weighted by molar-refractivity contribution is 9.10. The third-order valence-electron chi connectivity index (χ3n) is 4.06. The largest absolute Gasteiger partial charge is 0.420 e. The fourth-order valence-electron chi connectivity index (χ4n) is 2.86. The average Bonchev–Trinajstić information content (AvgIpc) is 3.13. The molecule has 25 heavy (non-hydrogen) atoms. The summed E-state index contributed by atoms with van der Waals surface area (Å²) in [5.74, 6) is 1.01. The van der Waals surface area contributed by atoms with Crippen LogP contribution in [0.5, 0.6) is 0 Å². The predicted octanol–water partition coefficient (Wildman–Crippen LogP) is 5.68. The Morgan fingerprint density at radius 1 is 0.680 bits per heavy atom. The summed E-state index contributed by atoms with van der Waals surface area (Å²) in [6.45, 7) is 0. The summed E-state index contributed by atoms with van der Waals surface area (Å²) < 4.78 is 7.00. The zero-order valence-corrected chi connectivity index (χ0v) is 14.9. The van der Waals surface area contributed by atoms with Crippen LogP contribution in [0.25, 0.3) is 11.5 Å². The Kier molecular flexibility index (Phi) is 4.44. The van der Waals surface area contributed by atoms with Crippen molar-refractivity contribution in [2.45, 2.75) is 5.92 Å². The summed E-state index contributed by atoms with van der Waals surface area (Å²) >= 11 is 3.54. The Labute approximate surface area is 154 Å². The first-order valence-electron chi connectivity index (χ1n) is 8.01. The molecule has 0 aliphatic rings. The van der Waals surface area contributed by atoms with E-state index in [2.05, 4.69) is 50.4 Å². The van der Waals surface area contributed by atoms with Crippen LogP contribution in [0.2, 0.25) is 0 Å². The van der Waals surface area contributed by atoms with Crippen LogP contribution in [-0.4, -0.2) is 10.2 Å². The first-order valence-corrected chi connectivity index (χ1v) is 8.80. The van der Waals surface area contributed by atoms with Crippen molar-refractivity contribution >= 4 is 15.9 Å². The molecule has 4 heteroatoms. The van der Waals surface area contributed by atoms with Gasteiger partial charge in [-0.1, -0.05) is 72.8 Å². The van der Waals surface area contributed by atoms with Crippen molar-refractivity contribution in [1.82, 2.24) is 10.2 Å². The van der Waals surface area contributed by atoms with E-state index in [0.29, 0.717) is 11.8 Å². The second kappa shape index (κ2) is 7.03. The van der Waals surface area contributed by atoms with E-state index in [9.17, 15) is 0 Å². The van der Waals surface area contributed by atoms with Gasteiger partial charge in [0.15, 0.2) is 0 Å². The molecule has 0 bridgehead atoms. The van der Waals surface area contributed by atoms with E-state index in [1.54, 1.807) is 0 Å². The van der Waals surface area contributed by atoms with Crippen molar-refractivity contribution in [3.63, 3.8) is 0 Å². The highest BCUT2D eigenvalue weighted by atomic mass is 79.9. The lowest BCUT2D eigenvalue weighted by Gasteiger charge is -2.13. The Balaban J connectivity index is 1.80. The highest BCUT2D eigenvalue weighted by Gasteiger charge is 2.23. The average molecular weight is 391 g/mol. The van der Waals surface area contributed by atoms with Crippen LogP contribution in [0.15, 0.2) is 93.8 Å². The number of hydrogen-bond acceptors (Lipinski definition) is 3. The topological polar surface area (TPSA) is 38.9 Å². The highest BCUT2D eigenvalue weighted by Crippen LogP contribution is 2.34. The molecule has 0 saturated heterocycles. The molecule has 1 aromatic heterocycles. The maximum atomic E-state index is 6.07. The second-order valence-corrected chi connectivity index (χ2v) is 6.53. The molecule has 122 valence electrons. The summed E-state index contributed by atoms with van der Waals surface area (Å²) in [5.41, 5.74) is 3.13. The molecule has 0 fully saturated rings. The number of hydrogen-bond donors (Lipinski definition) is 0. The van der Waals surface area contributed by atoms with E-state index in [4.69, 9.17) is 4.42 Å². The summed E-state index contributed by atoms with van der Waals surface area (Å²) in [6.07, 6.45) is 0. The van der Waals surface area contributed by atoms with Crippen LogP contribution in [0.1, 0.15) is 22.9 Å². The molecular formula is C21H15BrN2O. The van der Waals surface area contributed by atoms with Crippen molar-refractivity contribution in [3.05, 3.63) is 106 Å². The Hall–Kier alpha value is -2.72. The smallest absolute Gasteiger partial charge is 0.248 e. The van der Waals surface area contributed by atoms with Crippen molar-refractivity contribution in [2.24, 2.45) is 0 Å². The number of benzene rings is 3. The van der Waals surface area contributed by atoms with Gasteiger partial charge in [-0.05, 0) is 39.2 Å². The van der Waals surface area contributed by atoms with Gasteiger partial charge in [0, 0.05) is 4.47 Å². The zero-order valence-electron chi connectivity index (χ0n) is 13.3. The van der Waals surface area contributed by atoms with E-state index in [0.717, 1.165) is 21.2 Å². The lowest BCUT2D eigenvalue weighted by Crippen LogP contribution is -2.03. The molecule has 0 N–H and O–H groups in total. The van der Waals surface area contributed by atoms with Gasteiger partial charge in [0.25, 0.3) is 0 Å². The number of aromatic nitrogens is 2. The summed E-state index contributed by atoms with van der Waals surface area (Å²) in [5, 5.41) is 8.62. The van der Waals surface area contributed by atoms with Crippen LogP contribution in [0.4, 0.5) is 0 Å². The van der Waals surface area contributed by atoms with Crippen LogP contribution in [0.3, 0.4) is 0 Å². The standard InChI is InChI=1S/C21H15BrN2O/c22-18-14-8-7-13-17(18)20-23-24-21(25-20)19(15-9-3-1-4-10-15)16-11-5-2-6-12-16/h1-14,19H. The van der Waals surface area contributed by atoms with Gasteiger partial charge in [-0.15, -0.1) is 10.2 Å². The molecule has 0 radical (unpaired) electrons. The Morgan fingerprint density at radius 3 is 1.84 bits per heavy atom. The zero-order chi connectivity index (χ0) is 17.1. The normalized spacial score (nSPS) is 11.0. The molecular weight excluding hydrogens is 376 g/mol. The van der Waals surface area contributed by atoms with Crippen LogP contribution in [0, 0.1) is 0 Å². The third kappa shape index (κ3) is 3.26. The lowest BCUT2D eigenvalue weighted by molar-refractivity contribution is 0.499. The summed E-state index contributed by atoms with van der Waals surface area (Å²) in [4.78, 5) is 0. The first kappa shape index (κ1) is 15.8. The minimum atomic E-state index is -0.0915. The predicted molar refractivity (Wildman–Crippen MR) is 101 cm³/mol. The Bertz CT molecular complexity index is 928. The number of nitrogens with zero attached hydrogens (tertiary/aromatic N) is 2. The van der Waals surface area contributed by atoms with E-state index >= 15 is 0 Å². The van der Waals surface area contributed by atoms with Crippen molar-refractivity contribution in [2.75, 3.05) is 0 Å². The molecule has 0 aliphatic heterocycles. The maximum Gasteiger partial charge on any atom is 0.248 e. The second-order valence-electron chi connectivity index (χ2n) is 5.68. The lowest BCUT2D eigenvalue weighted by atomic mass is 9.91. The summed E-state index contributed by atoms with van der Waals surface area (Å²) in [7, 11) is 0. The summed E-state index contributed by atoms with van der Waals surface area (Å²) in [6, 6.07) is 28.3. The van der Waals surface area contributed by atoms with Gasteiger partial charge in [0.2, 0.25) is 11.8 Å². The van der Waals surface area contributed by atoms with E-state index in [1.165, 1.54) is 0 Å². The van der Waals surface area contributed by atoms with Crippen LogP contribution < -0.4 is 0 Å². The van der Waals surface area contributed by atoms with Gasteiger partial charge in [0.1, 0.15) is 0 Å². The van der Waals surface area contributed by atoms with Gasteiger partial charge in [-0.3, -0.25) is 0 Å². The van der Waals surface area contributed by atoms with Gasteiger partial charge >= 0.3 is 0 Å². The van der Waals surface area contributed by atoms with Crippen molar-refractivity contribution in [1.29, 1.82) is 0 Å². The van der Waals surface area contributed by atoms with Crippen molar-refractivity contribution in [3.8, 4) is 11.5 Å². The molecule has 3 nitrogen and oxygen atoms in total.